The molecule has 1 unspecified atom stereocenters. The quantitative estimate of drug-likeness (QED) is 0.525. The molecule has 0 saturated heterocycles. The Morgan fingerprint density at radius 2 is 1.58 bits per heavy atom. The van der Waals surface area contributed by atoms with E-state index in [1.807, 2.05) is 0 Å². The van der Waals surface area contributed by atoms with Crippen molar-refractivity contribution in [2.24, 2.45) is 0 Å². The van der Waals surface area contributed by atoms with E-state index in [0.29, 0.717) is 5.54 Å². The van der Waals surface area contributed by atoms with Crippen molar-refractivity contribution in [1.29, 1.82) is 0 Å². The van der Waals surface area contributed by atoms with Crippen LogP contribution in [0.1, 0.15) is 27.7 Å². The maximum Gasteiger partial charge on any atom is 0.107 e. The van der Waals surface area contributed by atoms with Crippen LogP contribution in [0.25, 0.3) is 0 Å². The predicted molar refractivity (Wildman–Crippen MR) is 56.3 cm³/mol. The molecule has 0 fully saturated rings. The second-order valence-corrected chi connectivity index (χ2v) is 9.11. The van der Waals surface area contributed by atoms with Crippen LogP contribution in [0.4, 0.5) is 0 Å². The molecule has 0 rings (SSSR count). The Balaban J connectivity index is 4.53. The molecule has 1 N–H and O–H groups in total. The predicted octanol–water partition coefficient (Wildman–Crippen LogP) is 3.22. The smallest absolute Gasteiger partial charge is 0.107 e. The summed E-state index contributed by atoms with van der Waals surface area (Å²) in [5.74, 6) is 2.91. The lowest BCUT2D eigenvalue weighted by molar-refractivity contribution is 0.516. The molecule has 0 aliphatic rings. The molecule has 0 aromatic rings. The van der Waals surface area contributed by atoms with Gasteiger partial charge in [0.25, 0.3) is 0 Å². The molecule has 0 saturated carbocycles. The minimum absolute atomic E-state index is 0.433. The van der Waals surface area contributed by atoms with Crippen molar-refractivity contribution in [2.75, 3.05) is 0 Å². The highest BCUT2D eigenvalue weighted by Crippen LogP contribution is 2.32. The van der Waals surface area contributed by atoms with Crippen molar-refractivity contribution >= 4 is 8.07 Å². The Labute approximate surface area is 77.2 Å². The lowest BCUT2D eigenvalue weighted by atomic mass is 10.5. The summed E-state index contributed by atoms with van der Waals surface area (Å²) in [7, 11) is -1.18. The van der Waals surface area contributed by atoms with E-state index in [0.717, 1.165) is 0 Å². The molecule has 2 heteroatoms. The molecule has 0 radical (unpaired) electrons. The van der Waals surface area contributed by atoms with Gasteiger partial charge in [-0.25, -0.2) is 0 Å². The fourth-order valence-corrected chi connectivity index (χ4v) is 5.63. The van der Waals surface area contributed by atoms with Crippen LogP contribution in [0, 0.1) is 12.0 Å². The average molecular weight is 184 g/mol. The van der Waals surface area contributed by atoms with Gasteiger partial charge >= 0.3 is 0 Å². The molecule has 1 atom stereocenters. The van der Waals surface area contributed by atoms with Gasteiger partial charge in [0.1, 0.15) is 6.11 Å². The van der Waals surface area contributed by atoms with E-state index < -0.39 is 8.07 Å². The molecule has 12 heavy (non-hydrogen) atoms. The first kappa shape index (κ1) is 11.6. The zero-order chi connectivity index (χ0) is 9.61. The topological polar surface area (TPSA) is 20.2 Å². The summed E-state index contributed by atoms with van der Waals surface area (Å²) in [5, 5.41) is 8.55. The average Bonchev–Trinajstić information content (AvgIpc) is 2.09. The third-order valence-corrected chi connectivity index (χ3v) is 9.52. The van der Waals surface area contributed by atoms with Crippen LogP contribution in [0.15, 0.2) is 0 Å². The van der Waals surface area contributed by atoms with Crippen LogP contribution in [0.2, 0.25) is 23.7 Å². The first-order valence-electron chi connectivity index (χ1n) is 4.81. The Kier molecular flexibility index (Phi) is 5.08. The molecule has 0 bridgehead atoms. The third-order valence-electron chi connectivity index (χ3n) is 3.31. The molecular formula is C10H20OSi. The zero-order valence-electron chi connectivity index (χ0n) is 8.65. The Hall–Kier alpha value is -0.423. The van der Waals surface area contributed by atoms with Crippen LogP contribution in [-0.2, 0) is 0 Å². The maximum atomic E-state index is 8.55. The van der Waals surface area contributed by atoms with Crippen molar-refractivity contribution in [3.63, 3.8) is 0 Å². The van der Waals surface area contributed by atoms with Gasteiger partial charge in [0.15, 0.2) is 0 Å². The minimum atomic E-state index is -1.18. The van der Waals surface area contributed by atoms with Crippen molar-refractivity contribution < 1.29 is 5.11 Å². The SMILES string of the molecule is CC[Si](CC)(CC)C(C)C#CO. The van der Waals surface area contributed by atoms with Gasteiger partial charge in [-0.3, -0.25) is 0 Å². The van der Waals surface area contributed by atoms with Gasteiger partial charge in [-0.2, -0.15) is 0 Å². The maximum absolute atomic E-state index is 8.55. The fraction of sp³-hybridized carbons (Fsp3) is 0.800. The van der Waals surface area contributed by atoms with E-state index in [9.17, 15) is 0 Å². The highest BCUT2D eigenvalue weighted by atomic mass is 28.3. The molecule has 1 nitrogen and oxygen atoms in total. The Morgan fingerprint density at radius 3 is 1.83 bits per heavy atom. The van der Waals surface area contributed by atoms with Crippen molar-refractivity contribution in [1.82, 2.24) is 0 Å². The summed E-state index contributed by atoms with van der Waals surface area (Å²) in [6.45, 7) is 8.93. The Morgan fingerprint density at radius 1 is 1.17 bits per heavy atom. The van der Waals surface area contributed by atoms with Crippen molar-refractivity contribution in [3.8, 4) is 12.0 Å². The van der Waals surface area contributed by atoms with Gasteiger partial charge in [-0.1, -0.05) is 51.7 Å². The first-order valence-corrected chi connectivity index (χ1v) is 7.51. The fourth-order valence-electron chi connectivity index (χ4n) is 1.92. The van der Waals surface area contributed by atoms with Crippen LogP contribution in [-0.4, -0.2) is 13.2 Å². The molecular weight excluding hydrogens is 164 g/mol. The summed E-state index contributed by atoms with van der Waals surface area (Å²) in [6.07, 6.45) is 2.06. The van der Waals surface area contributed by atoms with Gasteiger partial charge < -0.3 is 5.11 Å². The number of aliphatic hydroxyl groups excluding tert-OH is 1. The molecule has 0 amide bonds. The largest absolute Gasteiger partial charge is 0.462 e. The van der Waals surface area contributed by atoms with Crippen LogP contribution >= 0.6 is 0 Å². The second kappa shape index (κ2) is 5.26. The van der Waals surface area contributed by atoms with Gasteiger partial charge in [-0.05, 0) is 0 Å². The van der Waals surface area contributed by atoms with E-state index >= 15 is 0 Å². The summed E-state index contributed by atoms with van der Waals surface area (Å²) >= 11 is 0. The zero-order valence-corrected chi connectivity index (χ0v) is 9.65. The van der Waals surface area contributed by atoms with Crippen LogP contribution in [0.3, 0.4) is 0 Å². The highest BCUT2D eigenvalue weighted by molar-refractivity contribution is 6.81. The van der Waals surface area contributed by atoms with Gasteiger partial charge in [0.2, 0.25) is 0 Å². The summed E-state index contributed by atoms with van der Waals surface area (Å²) in [4.78, 5) is 0. The standard InChI is InChI=1S/C10H20OSi/c1-5-12(6-2,7-3)10(4)8-9-11/h10-11H,5-7H2,1-4H3. The Bertz CT molecular complexity index is 166. The van der Waals surface area contributed by atoms with Crippen molar-refractivity contribution in [3.05, 3.63) is 0 Å². The van der Waals surface area contributed by atoms with E-state index in [4.69, 9.17) is 5.11 Å². The first-order chi connectivity index (χ1) is 5.66. The van der Waals surface area contributed by atoms with E-state index in [-0.39, 0.29) is 0 Å². The third kappa shape index (κ3) is 2.28. The molecule has 0 aromatic carbocycles. The van der Waals surface area contributed by atoms with Gasteiger partial charge in [0, 0.05) is 5.54 Å². The molecule has 0 heterocycles. The normalized spacial score (nSPS) is 13.3. The van der Waals surface area contributed by atoms with Gasteiger partial charge in [0.05, 0.1) is 8.07 Å². The summed E-state index contributed by atoms with van der Waals surface area (Å²) in [5.41, 5.74) is 0.433. The second-order valence-electron chi connectivity index (χ2n) is 3.40. The molecule has 0 aliphatic heterocycles. The van der Waals surface area contributed by atoms with E-state index in [1.54, 1.807) is 0 Å². The highest BCUT2D eigenvalue weighted by Gasteiger charge is 2.32. The molecule has 0 aliphatic carbocycles. The van der Waals surface area contributed by atoms with E-state index in [2.05, 4.69) is 39.7 Å². The molecule has 0 spiro atoms. The number of rotatable bonds is 4. The van der Waals surface area contributed by atoms with Gasteiger partial charge in [-0.15, -0.1) is 0 Å². The lowest BCUT2D eigenvalue weighted by Crippen LogP contribution is -2.35. The monoisotopic (exact) mass is 184 g/mol. The summed E-state index contributed by atoms with van der Waals surface area (Å²) in [6, 6.07) is 3.82. The molecule has 70 valence electrons. The van der Waals surface area contributed by atoms with E-state index in [1.165, 1.54) is 18.1 Å². The molecule has 0 aromatic heterocycles. The lowest BCUT2D eigenvalue weighted by Gasteiger charge is -2.31. The number of hydrogen-bond acceptors (Lipinski definition) is 1. The van der Waals surface area contributed by atoms with Crippen LogP contribution < -0.4 is 0 Å². The minimum Gasteiger partial charge on any atom is -0.462 e. The number of hydrogen-bond donors (Lipinski definition) is 1. The number of aliphatic hydroxyl groups is 1. The van der Waals surface area contributed by atoms with Crippen molar-refractivity contribution in [2.45, 2.75) is 51.4 Å². The summed E-state index contributed by atoms with van der Waals surface area (Å²) < 4.78 is 0. The van der Waals surface area contributed by atoms with Crippen LogP contribution in [0.5, 0.6) is 0 Å².